The van der Waals surface area contributed by atoms with E-state index in [0.717, 1.165) is 5.56 Å². The van der Waals surface area contributed by atoms with Crippen LogP contribution in [0.1, 0.15) is 5.56 Å². The molecule has 0 saturated heterocycles. The normalized spacial score (nSPS) is 11.6. The molecule has 2 nitrogen and oxygen atoms in total. The Hall–Kier alpha value is -6.12. The fraction of sp³-hybridized carbons (Fsp3) is 0. The number of rotatable bonds is 5. The smallest absolute Gasteiger partial charge is 0.0541 e. The minimum atomic E-state index is 1.14. The molecule has 0 atom stereocenters. The van der Waals surface area contributed by atoms with Gasteiger partial charge in [0.2, 0.25) is 0 Å². The van der Waals surface area contributed by atoms with Crippen molar-refractivity contribution in [2.24, 2.45) is 0 Å². The Morgan fingerprint density at radius 3 is 1.24 bits per heavy atom. The van der Waals surface area contributed by atoms with Crippen LogP contribution in [0.4, 0.5) is 0 Å². The summed E-state index contributed by atoms with van der Waals surface area (Å²) in [5, 5.41) is 4.99. The highest BCUT2D eigenvalue weighted by atomic mass is 15.0. The van der Waals surface area contributed by atoms with Gasteiger partial charge < -0.3 is 9.13 Å². The third-order valence-corrected chi connectivity index (χ3v) is 9.31. The molecule has 0 aliphatic rings. The van der Waals surface area contributed by atoms with Crippen molar-refractivity contribution in [1.82, 2.24) is 9.13 Å². The Bertz CT molecular complexity index is 2410. The van der Waals surface area contributed by atoms with Crippen molar-refractivity contribution in [2.75, 3.05) is 0 Å². The van der Waals surface area contributed by atoms with Crippen molar-refractivity contribution in [3.05, 3.63) is 176 Å². The zero-order chi connectivity index (χ0) is 30.6. The molecule has 0 bridgehead atoms. The lowest BCUT2D eigenvalue weighted by molar-refractivity contribution is 1.18. The number of benzene rings is 7. The predicted molar refractivity (Wildman–Crippen MR) is 196 cm³/mol. The number of hydrogen-bond acceptors (Lipinski definition) is 0. The maximum atomic E-state index is 4.31. The fourth-order valence-electron chi connectivity index (χ4n) is 7.28. The van der Waals surface area contributed by atoms with Gasteiger partial charge in [-0.2, -0.15) is 0 Å². The first-order valence-corrected chi connectivity index (χ1v) is 15.7. The molecular formula is C44H30N2. The van der Waals surface area contributed by atoms with E-state index >= 15 is 0 Å². The van der Waals surface area contributed by atoms with Crippen LogP contribution in [-0.2, 0) is 0 Å². The van der Waals surface area contributed by atoms with Gasteiger partial charge in [0.15, 0.2) is 0 Å². The molecule has 7 aromatic carbocycles. The summed E-state index contributed by atoms with van der Waals surface area (Å²) in [5.41, 5.74) is 13.0. The average molecular weight is 587 g/mol. The van der Waals surface area contributed by atoms with Crippen molar-refractivity contribution in [3.8, 4) is 33.6 Å². The molecule has 0 radical (unpaired) electrons. The lowest BCUT2D eigenvalue weighted by Crippen LogP contribution is -1.93. The van der Waals surface area contributed by atoms with Crippen LogP contribution in [-0.4, -0.2) is 9.13 Å². The second-order valence-corrected chi connectivity index (χ2v) is 11.8. The maximum absolute atomic E-state index is 4.31. The first-order chi connectivity index (χ1) is 22.8. The first kappa shape index (κ1) is 26.3. The Balaban J connectivity index is 1.23. The molecule has 9 rings (SSSR count). The Kier molecular flexibility index (Phi) is 6.00. The first-order valence-electron chi connectivity index (χ1n) is 15.7. The number of nitrogens with zero attached hydrogens (tertiary/aromatic N) is 2. The zero-order valence-electron chi connectivity index (χ0n) is 25.3. The highest BCUT2D eigenvalue weighted by molar-refractivity contribution is 6.12. The zero-order valence-corrected chi connectivity index (χ0v) is 25.3. The molecule has 0 N–H and O–H groups in total. The summed E-state index contributed by atoms with van der Waals surface area (Å²) in [7, 11) is 0. The molecular weight excluding hydrogens is 556 g/mol. The molecule has 2 heterocycles. The van der Waals surface area contributed by atoms with Gasteiger partial charge in [0, 0.05) is 32.9 Å². The minimum Gasteiger partial charge on any atom is -0.309 e. The lowest BCUT2D eigenvalue weighted by atomic mass is 9.90. The van der Waals surface area contributed by atoms with Crippen LogP contribution in [0.15, 0.2) is 170 Å². The minimum absolute atomic E-state index is 1.14. The molecule has 2 heteroatoms. The molecule has 0 saturated carbocycles. The van der Waals surface area contributed by atoms with Gasteiger partial charge in [-0.3, -0.25) is 0 Å². The largest absolute Gasteiger partial charge is 0.309 e. The van der Waals surface area contributed by atoms with Crippen LogP contribution in [0.25, 0.3) is 83.3 Å². The fourth-order valence-corrected chi connectivity index (χ4v) is 7.28. The van der Waals surface area contributed by atoms with Crippen LogP contribution in [0.5, 0.6) is 0 Å². The third kappa shape index (κ3) is 3.97. The summed E-state index contributed by atoms with van der Waals surface area (Å²) >= 11 is 0. The Morgan fingerprint density at radius 1 is 0.370 bits per heavy atom. The average Bonchev–Trinajstić information content (AvgIpc) is 3.64. The molecule has 46 heavy (non-hydrogen) atoms. The van der Waals surface area contributed by atoms with Gasteiger partial charge in [0.25, 0.3) is 0 Å². The summed E-state index contributed by atoms with van der Waals surface area (Å²) in [6.45, 7) is 4.31. The summed E-state index contributed by atoms with van der Waals surface area (Å²) in [4.78, 5) is 0. The van der Waals surface area contributed by atoms with Crippen LogP contribution >= 0.6 is 0 Å². The van der Waals surface area contributed by atoms with E-state index in [4.69, 9.17) is 0 Å². The van der Waals surface area contributed by atoms with E-state index < -0.39 is 0 Å². The van der Waals surface area contributed by atoms with Crippen molar-refractivity contribution in [2.45, 2.75) is 0 Å². The lowest BCUT2D eigenvalue weighted by Gasteiger charge is -2.14. The van der Waals surface area contributed by atoms with Crippen LogP contribution in [0.2, 0.25) is 0 Å². The predicted octanol–water partition coefficient (Wildman–Crippen LogP) is 11.9. The standard InChI is InChI=1S/C44H30N2/c1-2-34-35(30-24-26-43-39(28-30)37-18-9-11-22-41(37)45(43)32-14-5-3-6-15-32)20-13-21-36(34)31-25-27-44-40(29-31)38-19-10-12-23-42(38)46(44)33-16-7-4-8-17-33/h2-29H,1H2. The molecule has 0 amide bonds. The van der Waals surface area contributed by atoms with Crippen LogP contribution in [0, 0.1) is 0 Å². The number of fused-ring (bicyclic) bond motifs is 6. The second-order valence-electron chi connectivity index (χ2n) is 11.8. The number of para-hydroxylation sites is 4. The molecule has 216 valence electrons. The summed E-state index contributed by atoms with van der Waals surface area (Å²) in [5.74, 6) is 0. The van der Waals surface area contributed by atoms with E-state index in [1.807, 2.05) is 6.08 Å². The SMILES string of the molecule is C=Cc1c(-c2ccc3c(c2)c2ccccc2n3-c2ccccc2)cccc1-c1ccc2c(c1)c1ccccc1n2-c1ccccc1. The van der Waals surface area contributed by atoms with Gasteiger partial charge in [0.05, 0.1) is 22.1 Å². The van der Waals surface area contributed by atoms with Gasteiger partial charge in [-0.25, -0.2) is 0 Å². The van der Waals surface area contributed by atoms with Crippen LogP contribution < -0.4 is 0 Å². The molecule has 0 fully saturated rings. The Morgan fingerprint density at radius 2 is 0.783 bits per heavy atom. The van der Waals surface area contributed by atoms with Crippen LogP contribution in [0.3, 0.4) is 0 Å². The molecule has 2 aromatic heterocycles. The molecule has 0 unspecified atom stereocenters. The van der Waals surface area contributed by atoms with E-state index in [1.165, 1.54) is 77.2 Å². The van der Waals surface area contributed by atoms with Gasteiger partial charge in [-0.05, 0) is 88.5 Å². The van der Waals surface area contributed by atoms with E-state index in [-0.39, 0.29) is 0 Å². The highest BCUT2D eigenvalue weighted by Crippen LogP contribution is 2.40. The second kappa shape index (κ2) is 10.5. The van der Waals surface area contributed by atoms with E-state index in [1.54, 1.807) is 0 Å². The van der Waals surface area contributed by atoms with Gasteiger partial charge in [-0.1, -0.05) is 116 Å². The van der Waals surface area contributed by atoms with E-state index in [2.05, 4.69) is 180 Å². The number of aromatic nitrogens is 2. The van der Waals surface area contributed by atoms with Crippen molar-refractivity contribution >= 4 is 49.7 Å². The molecule has 0 aliphatic heterocycles. The van der Waals surface area contributed by atoms with Gasteiger partial charge in [0.1, 0.15) is 0 Å². The topological polar surface area (TPSA) is 9.86 Å². The third-order valence-electron chi connectivity index (χ3n) is 9.31. The maximum Gasteiger partial charge on any atom is 0.0541 e. The van der Waals surface area contributed by atoms with Gasteiger partial charge in [-0.15, -0.1) is 0 Å². The molecule has 9 aromatic rings. The molecule has 0 aliphatic carbocycles. The van der Waals surface area contributed by atoms with Crippen molar-refractivity contribution in [1.29, 1.82) is 0 Å². The Labute approximate surface area is 267 Å². The highest BCUT2D eigenvalue weighted by Gasteiger charge is 2.17. The van der Waals surface area contributed by atoms with E-state index in [9.17, 15) is 0 Å². The quantitative estimate of drug-likeness (QED) is 0.190. The summed E-state index contributed by atoms with van der Waals surface area (Å²) in [6.07, 6.45) is 2.01. The summed E-state index contributed by atoms with van der Waals surface area (Å²) < 4.78 is 4.72. The number of hydrogen-bond donors (Lipinski definition) is 0. The van der Waals surface area contributed by atoms with E-state index in [0.29, 0.717) is 0 Å². The van der Waals surface area contributed by atoms with Crippen molar-refractivity contribution in [3.63, 3.8) is 0 Å². The monoisotopic (exact) mass is 586 g/mol. The van der Waals surface area contributed by atoms with Crippen molar-refractivity contribution < 1.29 is 0 Å². The molecule has 0 spiro atoms. The summed E-state index contributed by atoms with van der Waals surface area (Å²) in [6, 6.07) is 59.0. The van der Waals surface area contributed by atoms with Gasteiger partial charge >= 0.3 is 0 Å².